The van der Waals surface area contributed by atoms with Gasteiger partial charge in [0.05, 0.1) is 9.85 Å². The largest absolute Gasteiger partial charge is 0.423 e. The molecular formula is C14H8N2O8. The van der Waals surface area contributed by atoms with Crippen molar-refractivity contribution in [3.8, 4) is 11.5 Å². The van der Waals surface area contributed by atoms with Gasteiger partial charge in [-0.1, -0.05) is 24.3 Å². The predicted octanol–water partition coefficient (Wildman–Crippen LogP) is 2.01. The molecule has 0 saturated heterocycles. The second kappa shape index (κ2) is 6.96. The van der Waals surface area contributed by atoms with Crippen LogP contribution in [0.5, 0.6) is 11.5 Å². The minimum Gasteiger partial charge on any atom is -0.411 e. The van der Waals surface area contributed by atoms with Gasteiger partial charge < -0.3 is 9.47 Å². The molecule has 0 aliphatic carbocycles. The van der Waals surface area contributed by atoms with E-state index < -0.39 is 44.7 Å². The highest BCUT2D eigenvalue weighted by Crippen LogP contribution is 2.27. The Bertz CT molecular complexity index is 764. The lowest BCUT2D eigenvalue weighted by atomic mass is 10.3. The Kier molecular flexibility index (Phi) is 4.80. The third kappa shape index (κ3) is 3.68. The number of nitro benzene ring substituents is 2. The van der Waals surface area contributed by atoms with Gasteiger partial charge in [-0.25, -0.2) is 9.59 Å². The summed E-state index contributed by atoms with van der Waals surface area (Å²) >= 11 is 0. The SMILES string of the molecule is O=C(Oc1ccccc1[N+](=O)[O-])C(=O)Oc1ccccc1[N+](=O)[O-]. The molecule has 0 unspecified atom stereocenters. The van der Waals surface area contributed by atoms with Crippen molar-refractivity contribution in [3.63, 3.8) is 0 Å². The van der Waals surface area contributed by atoms with Crippen LogP contribution in [0.25, 0.3) is 0 Å². The molecule has 2 rings (SSSR count). The molecule has 0 aromatic heterocycles. The Morgan fingerprint density at radius 1 is 0.708 bits per heavy atom. The van der Waals surface area contributed by atoms with Gasteiger partial charge >= 0.3 is 23.3 Å². The van der Waals surface area contributed by atoms with Gasteiger partial charge in [0.25, 0.3) is 0 Å². The van der Waals surface area contributed by atoms with Crippen LogP contribution in [0.1, 0.15) is 0 Å². The molecule has 122 valence electrons. The lowest BCUT2D eigenvalue weighted by Gasteiger charge is -2.05. The normalized spacial score (nSPS) is 9.83. The van der Waals surface area contributed by atoms with Gasteiger partial charge in [-0.3, -0.25) is 20.2 Å². The van der Waals surface area contributed by atoms with Crippen molar-refractivity contribution in [2.45, 2.75) is 0 Å². The number of rotatable bonds is 4. The van der Waals surface area contributed by atoms with Gasteiger partial charge in [-0.2, -0.15) is 0 Å². The Balaban J connectivity index is 2.16. The molecule has 0 heterocycles. The van der Waals surface area contributed by atoms with E-state index in [1.807, 2.05) is 0 Å². The summed E-state index contributed by atoms with van der Waals surface area (Å²) in [6, 6.07) is 9.82. The summed E-state index contributed by atoms with van der Waals surface area (Å²) in [7, 11) is 0. The van der Waals surface area contributed by atoms with E-state index in [0.717, 1.165) is 24.3 Å². The highest BCUT2D eigenvalue weighted by molar-refractivity contribution is 6.31. The Morgan fingerprint density at radius 2 is 1.04 bits per heavy atom. The van der Waals surface area contributed by atoms with E-state index in [1.54, 1.807) is 0 Å². The lowest BCUT2D eigenvalue weighted by molar-refractivity contribution is -0.385. The molecule has 0 N–H and O–H groups in total. The van der Waals surface area contributed by atoms with Crippen LogP contribution in [-0.4, -0.2) is 21.8 Å². The molecule has 0 fully saturated rings. The average Bonchev–Trinajstić information content (AvgIpc) is 2.55. The molecule has 10 nitrogen and oxygen atoms in total. The lowest BCUT2D eigenvalue weighted by Crippen LogP contribution is -2.26. The van der Waals surface area contributed by atoms with Crippen molar-refractivity contribution in [3.05, 3.63) is 68.8 Å². The molecule has 0 aliphatic rings. The van der Waals surface area contributed by atoms with Crippen LogP contribution in [0, 0.1) is 20.2 Å². The van der Waals surface area contributed by atoms with Crippen molar-refractivity contribution in [1.29, 1.82) is 0 Å². The number of carbonyl (C=O) groups excluding carboxylic acids is 2. The topological polar surface area (TPSA) is 139 Å². The first-order valence-electron chi connectivity index (χ1n) is 6.31. The van der Waals surface area contributed by atoms with E-state index in [1.165, 1.54) is 24.3 Å². The van der Waals surface area contributed by atoms with E-state index in [9.17, 15) is 29.8 Å². The van der Waals surface area contributed by atoms with Gasteiger partial charge in [-0.15, -0.1) is 0 Å². The van der Waals surface area contributed by atoms with E-state index in [0.29, 0.717) is 0 Å². The Labute approximate surface area is 133 Å². The zero-order valence-electron chi connectivity index (χ0n) is 11.8. The summed E-state index contributed by atoms with van der Waals surface area (Å²) in [5, 5.41) is 21.6. The van der Waals surface area contributed by atoms with Gasteiger partial charge in [0, 0.05) is 12.1 Å². The number of hydrogen-bond donors (Lipinski definition) is 0. The standard InChI is InChI=1S/C14H8N2O8/c17-13(23-11-7-3-1-5-9(11)15(19)20)14(18)24-12-8-4-2-6-10(12)16(21)22/h1-8H. The van der Waals surface area contributed by atoms with Crippen molar-refractivity contribution < 1.29 is 28.9 Å². The number of carbonyl (C=O) groups is 2. The van der Waals surface area contributed by atoms with Gasteiger partial charge in [0.1, 0.15) is 0 Å². The van der Waals surface area contributed by atoms with Crippen LogP contribution in [-0.2, 0) is 9.59 Å². The monoisotopic (exact) mass is 332 g/mol. The second-order valence-electron chi connectivity index (χ2n) is 4.23. The Hall–Kier alpha value is -3.82. The number of hydrogen-bond acceptors (Lipinski definition) is 8. The van der Waals surface area contributed by atoms with Crippen LogP contribution in [0.3, 0.4) is 0 Å². The highest BCUT2D eigenvalue weighted by atomic mass is 16.6. The fourth-order valence-electron chi connectivity index (χ4n) is 1.67. The molecule has 0 saturated carbocycles. The third-order valence-corrected chi connectivity index (χ3v) is 2.70. The first kappa shape index (κ1) is 16.5. The maximum Gasteiger partial charge on any atom is 0.423 e. The number of nitrogens with zero attached hydrogens (tertiary/aromatic N) is 2. The van der Waals surface area contributed by atoms with Crippen LogP contribution < -0.4 is 9.47 Å². The molecular weight excluding hydrogens is 324 g/mol. The quantitative estimate of drug-likeness (QED) is 0.272. The molecule has 2 aromatic carbocycles. The van der Waals surface area contributed by atoms with Crippen LogP contribution >= 0.6 is 0 Å². The summed E-state index contributed by atoms with van der Waals surface area (Å²) in [6.07, 6.45) is 0. The summed E-state index contributed by atoms with van der Waals surface area (Å²) < 4.78 is 9.23. The van der Waals surface area contributed by atoms with E-state index in [4.69, 9.17) is 0 Å². The fourth-order valence-corrected chi connectivity index (χ4v) is 1.67. The number of benzene rings is 2. The first-order chi connectivity index (χ1) is 11.4. The van der Waals surface area contributed by atoms with E-state index in [-0.39, 0.29) is 0 Å². The second-order valence-corrected chi connectivity index (χ2v) is 4.23. The van der Waals surface area contributed by atoms with Crippen LogP contribution in [0.4, 0.5) is 11.4 Å². The molecule has 24 heavy (non-hydrogen) atoms. The summed E-state index contributed by atoms with van der Waals surface area (Å²) in [5.74, 6) is -4.01. The fraction of sp³-hybridized carbons (Fsp3) is 0. The zero-order valence-corrected chi connectivity index (χ0v) is 11.8. The molecule has 0 bridgehead atoms. The smallest absolute Gasteiger partial charge is 0.411 e. The minimum atomic E-state index is -1.55. The maximum absolute atomic E-state index is 11.7. The molecule has 0 spiro atoms. The highest BCUT2D eigenvalue weighted by Gasteiger charge is 2.26. The van der Waals surface area contributed by atoms with Gasteiger partial charge in [0.15, 0.2) is 0 Å². The first-order valence-corrected chi connectivity index (χ1v) is 6.31. The van der Waals surface area contributed by atoms with Crippen molar-refractivity contribution >= 4 is 23.3 Å². The summed E-state index contributed by atoms with van der Waals surface area (Å²) in [4.78, 5) is 43.4. The van der Waals surface area contributed by atoms with Gasteiger partial charge in [-0.05, 0) is 12.1 Å². The van der Waals surface area contributed by atoms with E-state index >= 15 is 0 Å². The van der Waals surface area contributed by atoms with Gasteiger partial charge in [0.2, 0.25) is 11.5 Å². The number of ether oxygens (including phenoxy) is 2. The number of para-hydroxylation sites is 4. The van der Waals surface area contributed by atoms with Crippen molar-refractivity contribution in [1.82, 2.24) is 0 Å². The van der Waals surface area contributed by atoms with Crippen molar-refractivity contribution in [2.24, 2.45) is 0 Å². The minimum absolute atomic E-state index is 0.452. The molecule has 0 amide bonds. The molecule has 10 heteroatoms. The van der Waals surface area contributed by atoms with Crippen molar-refractivity contribution in [2.75, 3.05) is 0 Å². The third-order valence-electron chi connectivity index (χ3n) is 2.70. The zero-order chi connectivity index (χ0) is 17.7. The Morgan fingerprint density at radius 3 is 1.38 bits per heavy atom. The summed E-state index contributed by atoms with van der Waals surface area (Å²) in [5.41, 5.74) is -1.05. The molecule has 0 atom stereocenters. The summed E-state index contributed by atoms with van der Waals surface area (Å²) in [6.45, 7) is 0. The molecule has 2 aromatic rings. The molecule has 0 aliphatic heterocycles. The average molecular weight is 332 g/mol. The van der Waals surface area contributed by atoms with E-state index in [2.05, 4.69) is 9.47 Å². The maximum atomic E-state index is 11.7. The van der Waals surface area contributed by atoms with Crippen LogP contribution in [0.15, 0.2) is 48.5 Å². The number of nitro groups is 2. The molecule has 0 radical (unpaired) electrons. The predicted molar refractivity (Wildman–Crippen MR) is 77.5 cm³/mol. The number of esters is 2. The van der Waals surface area contributed by atoms with Crippen LogP contribution in [0.2, 0.25) is 0 Å².